The summed E-state index contributed by atoms with van der Waals surface area (Å²) < 4.78 is 4.15. The Balaban J connectivity index is 1.70. The van der Waals surface area contributed by atoms with Gasteiger partial charge in [0.25, 0.3) is 5.65 Å². The first-order valence-corrected chi connectivity index (χ1v) is 12.0. The molecule has 2 heterocycles. The molecule has 0 aliphatic carbocycles. The molecule has 0 bridgehead atoms. The van der Waals surface area contributed by atoms with Crippen molar-refractivity contribution in [2.24, 2.45) is 7.05 Å². The van der Waals surface area contributed by atoms with E-state index in [4.69, 9.17) is 0 Å². The smallest absolute Gasteiger partial charge is 0.330 e. The van der Waals surface area contributed by atoms with Crippen molar-refractivity contribution in [3.8, 4) is 0 Å². The largest absolute Gasteiger partial charge is 0.347 e. The van der Waals surface area contributed by atoms with Crippen LogP contribution in [0.25, 0.3) is 5.65 Å². The average Bonchev–Trinajstić information content (AvgIpc) is 3.18. The van der Waals surface area contributed by atoms with Crippen LogP contribution in [0.5, 0.6) is 0 Å². The van der Waals surface area contributed by atoms with Crippen LogP contribution >= 0.6 is 0 Å². The molecule has 0 saturated carbocycles. The van der Waals surface area contributed by atoms with E-state index in [1.807, 2.05) is 13.8 Å². The minimum absolute atomic E-state index is 0.166. The zero-order valence-electron chi connectivity index (χ0n) is 19.9. The molecule has 0 aromatic carbocycles. The molecule has 0 fully saturated rings. The maximum absolute atomic E-state index is 12.7. The van der Waals surface area contributed by atoms with Crippen LogP contribution in [0, 0.1) is 13.8 Å². The van der Waals surface area contributed by atoms with Crippen molar-refractivity contribution in [1.29, 1.82) is 0 Å². The van der Waals surface area contributed by atoms with Gasteiger partial charge in [-0.25, -0.2) is 4.57 Å². The van der Waals surface area contributed by atoms with Gasteiger partial charge in [0.1, 0.15) is 0 Å². The highest BCUT2D eigenvalue weighted by atomic mass is 16.5. The summed E-state index contributed by atoms with van der Waals surface area (Å²) in [5.41, 5.74) is 2.35. The SMILES string of the molecule is CCCCCCCCCCCCCCNC(=O)c1n(C(O)O)n2nc(C)c(C)c2[n+]1C. The molecule has 0 radical (unpaired) electrons. The number of aliphatic hydroxyl groups is 2. The molecule has 0 saturated heterocycles. The molecule has 3 N–H and O–H groups in total. The van der Waals surface area contributed by atoms with Gasteiger partial charge in [-0.1, -0.05) is 87.3 Å². The summed E-state index contributed by atoms with van der Waals surface area (Å²) in [7, 11) is 1.74. The summed E-state index contributed by atoms with van der Waals surface area (Å²) in [6.07, 6.45) is 13.4. The van der Waals surface area contributed by atoms with Crippen LogP contribution < -0.4 is 9.88 Å². The quantitative estimate of drug-likeness (QED) is 0.226. The molecule has 2 aromatic rings. The Labute approximate surface area is 186 Å². The Morgan fingerprint density at radius 3 is 2.00 bits per heavy atom. The van der Waals surface area contributed by atoms with Crippen LogP contribution in [0.1, 0.15) is 112 Å². The van der Waals surface area contributed by atoms with E-state index in [0.29, 0.717) is 12.2 Å². The summed E-state index contributed by atoms with van der Waals surface area (Å²) in [4.78, 5) is 12.7. The average molecular weight is 437 g/mol. The van der Waals surface area contributed by atoms with E-state index in [1.165, 1.54) is 68.8 Å². The molecule has 2 aromatic heterocycles. The fraction of sp³-hybridized carbons (Fsp3) is 0.783. The van der Waals surface area contributed by atoms with Gasteiger partial charge in [-0.15, -0.1) is 0 Å². The topological polar surface area (TPSA) is 95.7 Å². The third-order valence-corrected chi connectivity index (χ3v) is 6.11. The molecule has 0 atom stereocenters. The first-order chi connectivity index (χ1) is 14.9. The van der Waals surface area contributed by atoms with Crippen LogP contribution in [0.4, 0.5) is 0 Å². The minimum Gasteiger partial charge on any atom is -0.347 e. The van der Waals surface area contributed by atoms with Crippen molar-refractivity contribution in [1.82, 2.24) is 19.7 Å². The van der Waals surface area contributed by atoms with Crippen LogP contribution in [-0.4, -0.2) is 37.1 Å². The number of nitrogens with one attached hydrogen (secondary N) is 1. The van der Waals surface area contributed by atoms with Crippen LogP contribution in [0.3, 0.4) is 0 Å². The number of rotatable bonds is 15. The maximum Gasteiger partial charge on any atom is 0.330 e. The number of fused-ring (bicyclic) bond motifs is 1. The second-order valence-corrected chi connectivity index (χ2v) is 8.64. The summed E-state index contributed by atoms with van der Waals surface area (Å²) in [5.74, 6) is -0.166. The summed E-state index contributed by atoms with van der Waals surface area (Å²) >= 11 is 0. The lowest BCUT2D eigenvalue weighted by molar-refractivity contribution is -0.649. The van der Waals surface area contributed by atoms with Crippen molar-refractivity contribution in [2.75, 3.05) is 6.54 Å². The normalized spacial score (nSPS) is 11.7. The number of aryl methyl sites for hydroxylation is 3. The lowest BCUT2D eigenvalue weighted by Crippen LogP contribution is -2.42. The third-order valence-electron chi connectivity index (χ3n) is 6.11. The van der Waals surface area contributed by atoms with Crippen molar-refractivity contribution in [3.05, 3.63) is 17.1 Å². The third kappa shape index (κ3) is 6.77. The Morgan fingerprint density at radius 2 is 1.48 bits per heavy atom. The highest BCUT2D eigenvalue weighted by Gasteiger charge is 2.34. The highest BCUT2D eigenvalue weighted by Crippen LogP contribution is 2.15. The predicted octanol–water partition coefficient (Wildman–Crippen LogP) is 3.45. The van der Waals surface area contributed by atoms with Crippen LogP contribution in [0.15, 0.2) is 0 Å². The van der Waals surface area contributed by atoms with Gasteiger partial charge in [-0.2, -0.15) is 0 Å². The molecule has 0 aliphatic rings. The zero-order chi connectivity index (χ0) is 22.8. The number of aliphatic hydroxyl groups excluding tert-OH is 1. The molecule has 0 aliphatic heterocycles. The number of aromatic nitrogens is 4. The first kappa shape index (κ1) is 25.3. The van der Waals surface area contributed by atoms with Gasteiger partial charge in [0.15, 0.2) is 0 Å². The van der Waals surface area contributed by atoms with Crippen LogP contribution in [0.2, 0.25) is 0 Å². The molecule has 31 heavy (non-hydrogen) atoms. The fourth-order valence-electron chi connectivity index (χ4n) is 4.17. The van der Waals surface area contributed by atoms with Gasteiger partial charge in [0, 0.05) is 6.54 Å². The van der Waals surface area contributed by atoms with Crippen LogP contribution in [-0.2, 0) is 7.05 Å². The molecule has 0 unspecified atom stereocenters. The van der Waals surface area contributed by atoms with Gasteiger partial charge >= 0.3 is 18.1 Å². The zero-order valence-corrected chi connectivity index (χ0v) is 19.9. The Morgan fingerprint density at radius 1 is 0.968 bits per heavy atom. The van der Waals surface area contributed by atoms with Crippen molar-refractivity contribution < 1.29 is 19.6 Å². The van der Waals surface area contributed by atoms with E-state index < -0.39 is 6.41 Å². The Kier molecular flexibility index (Phi) is 10.5. The number of hydrogen-bond donors (Lipinski definition) is 3. The van der Waals surface area contributed by atoms with E-state index in [9.17, 15) is 15.0 Å². The lowest BCUT2D eigenvalue weighted by atomic mass is 10.1. The summed E-state index contributed by atoms with van der Waals surface area (Å²) in [5, 5.41) is 26.9. The molecular weight excluding hydrogens is 394 g/mol. The predicted molar refractivity (Wildman–Crippen MR) is 121 cm³/mol. The molecule has 8 heteroatoms. The van der Waals surface area contributed by atoms with Crippen molar-refractivity contribution in [2.45, 2.75) is 104 Å². The van der Waals surface area contributed by atoms with Gasteiger partial charge in [0.05, 0.1) is 18.3 Å². The summed E-state index contributed by atoms with van der Waals surface area (Å²) in [6.45, 7) is 6.58. The van der Waals surface area contributed by atoms with E-state index in [2.05, 4.69) is 17.3 Å². The first-order valence-electron chi connectivity index (χ1n) is 12.0. The lowest BCUT2D eigenvalue weighted by Gasteiger charge is -2.06. The van der Waals surface area contributed by atoms with Crippen molar-refractivity contribution >= 4 is 11.6 Å². The van der Waals surface area contributed by atoms with Gasteiger partial charge in [-0.3, -0.25) is 4.79 Å². The maximum atomic E-state index is 12.7. The second-order valence-electron chi connectivity index (χ2n) is 8.64. The number of carbonyl (C=O) groups is 1. The fourth-order valence-corrected chi connectivity index (χ4v) is 4.17. The Hall–Kier alpha value is -1.93. The van der Waals surface area contributed by atoms with E-state index in [0.717, 1.165) is 28.8 Å². The number of carbonyl (C=O) groups excluding carboxylic acids is 1. The molecule has 176 valence electrons. The van der Waals surface area contributed by atoms with E-state index in [-0.39, 0.29) is 11.7 Å². The molecular formula is C23H42N5O3+. The number of hydrogen-bond acceptors (Lipinski definition) is 4. The second kappa shape index (κ2) is 12.8. The Bertz CT molecular complexity index is 825. The number of unbranched alkanes of at least 4 members (excludes halogenated alkanes) is 11. The minimum atomic E-state index is -1.85. The van der Waals surface area contributed by atoms with E-state index in [1.54, 1.807) is 11.6 Å². The van der Waals surface area contributed by atoms with Crippen molar-refractivity contribution in [3.63, 3.8) is 0 Å². The molecule has 0 spiro atoms. The summed E-state index contributed by atoms with van der Waals surface area (Å²) in [6, 6.07) is 0. The van der Waals surface area contributed by atoms with Gasteiger partial charge < -0.3 is 15.5 Å². The monoisotopic (exact) mass is 436 g/mol. The number of amides is 1. The standard InChI is InChI=1S/C23H41N5O3/c1-5-6-7-8-9-10-11-12-13-14-15-16-17-24-20(29)22-26(4)21-18(2)19(3)25-28(21)27(22)23(30)31/h23,30-31H,5-17H2,1-4H3/p+1. The molecule has 1 amide bonds. The molecule has 8 nitrogen and oxygen atoms in total. The molecule has 2 rings (SSSR count). The number of nitrogens with zero attached hydrogens (tertiary/aromatic N) is 4. The van der Waals surface area contributed by atoms with E-state index >= 15 is 0 Å². The van der Waals surface area contributed by atoms with Gasteiger partial charge in [-0.05, 0) is 24.9 Å². The van der Waals surface area contributed by atoms with Gasteiger partial charge in [0.2, 0.25) is 0 Å². The highest BCUT2D eigenvalue weighted by molar-refractivity contribution is 5.89.